The number of primary amides is 1. The van der Waals surface area contributed by atoms with Crippen LogP contribution in [-0.4, -0.2) is 65.2 Å². The van der Waals surface area contributed by atoms with Crippen LogP contribution in [0.5, 0.6) is 0 Å². The van der Waals surface area contributed by atoms with Crippen molar-refractivity contribution in [3.05, 3.63) is 0 Å². The van der Waals surface area contributed by atoms with E-state index in [9.17, 15) is 28.8 Å². The SMILES string of the molecule is CC[C@H](C)[C@H](NC(=O)[C@H](CC(C)C)NC(=O)[C@@H](N)CC(N)=O)C(=O)N[C@H](C=O)CC(=O)O. The third kappa shape index (κ3) is 10.8. The summed E-state index contributed by atoms with van der Waals surface area (Å²) in [5, 5.41) is 16.2. The van der Waals surface area contributed by atoms with E-state index in [1.807, 2.05) is 13.8 Å². The minimum Gasteiger partial charge on any atom is -0.481 e. The van der Waals surface area contributed by atoms with E-state index in [4.69, 9.17) is 16.6 Å². The van der Waals surface area contributed by atoms with E-state index in [1.54, 1.807) is 13.8 Å². The summed E-state index contributed by atoms with van der Waals surface area (Å²) in [6, 6.07) is -4.59. The van der Waals surface area contributed by atoms with Crippen molar-refractivity contribution in [1.29, 1.82) is 0 Å². The maximum absolute atomic E-state index is 12.9. The Labute approximate surface area is 187 Å². The molecule has 0 fully saturated rings. The molecule has 0 saturated carbocycles. The highest BCUT2D eigenvalue weighted by molar-refractivity contribution is 5.95. The van der Waals surface area contributed by atoms with Crippen LogP contribution in [0, 0.1) is 11.8 Å². The van der Waals surface area contributed by atoms with Crippen LogP contribution in [-0.2, 0) is 28.8 Å². The molecule has 0 bridgehead atoms. The number of rotatable bonds is 15. The van der Waals surface area contributed by atoms with Gasteiger partial charge < -0.3 is 37.3 Å². The van der Waals surface area contributed by atoms with E-state index in [0.29, 0.717) is 12.7 Å². The van der Waals surface area contributed by atoms with Crippen molar-refractivity contribution < 1.29 is 33.9 Å². The average molecular weight is 458 g/mol. The number of aliphatic carboxylic acids is 1. The lowest BCUT2D eigenvalue weighted by Gasteiger charge is -2.28. The van der Waals surface area contributed by atoms with Crippen LogP contribution >= 0.6 is 0 Å². The van der Waals surface area contributed by atoms with Gasteiger partial charge in [-0.05, 0) is 18.3 Å². The number of carboxylic acids is 1. The molecule has 0 heterocycles. The summed E-state index contributed by atoms with van der Waals surface area (Å²) >= 11 is 0. The van der Waals surface area contributed by atoms with E-state index >= 15 is 0 Å². The van der Waals surface area contributed by atoms with Crippen LogP contribution in [0.15, 0.2) is 0 Å². The third-order valence-electron chi connectivity index (χ3n) is 4.78. The summed E-state index contributed by atoms with van der Waals surface area (Å²) in [5.41, 5.74) is 10.7. The molecule has 12 nitrogen and oxygen atoms in total. The average Bonchev–Trinajstić information content (AvgIpc) is 2.68. The highest BCUT2D eigenvalue weighted by atomic mass is 16.4. The molecular weight excluding hydrogens is 422 g/mol. The number of carbonyl (C=O) groups excluding carboxylic acids is 5. The number of hydrogen-bond donors (Lipinski definition) is 6. The van der Waals surface area contributed by atoms with E-state index < -0.39 is 66.6 Å². The summed E-state index contributed by atoms with van der Waals surface area (Å²) < 4.78 is 0. The highest BCUT2D eigenvalue weighted by Crippen LogP contribution is 2.11. The summed E-state index contributed by atoms with van der Waals surface area (Å²) in [6.07, 6.45) is 0.0411. The Morgan fingerprint density at radius 2 is 1.53 bits per heavy atom. The van der Waals surface area contributed by atoms with Gasteiger partial charge in [-0.3, -0.25) is 24.0 Å². The van der Waals surface area contributed by atoms with Gasteiger partial charge in [0.25, 0.3) is 0 Å². The Morgan fingerprint density at radius 3 is 1.97 bits per heavy atom. The first-order chi connectivity index (χ1) is 14.8. The Hall–Kier alpha value is -3.02. The van der Waals surface area contributed by atoms with Crippen LogP contribution in [0.2, 0.25) is 0 Å². The molecule has 0 aromatic heterocycles. The predicted molar refractivity (Wildman–Crippen MR) is 115 cm³/mol. The molecule has 12 heteroatoms. The minimum absolute atomic E-state index is 0.00991. The van der Waals surface area contributed by atoms with E-state index in [2.05, 4.69) is 16.0 Å². The summed E-state index contributed by atoms with van der Waals surface area (Å²) in [5.74, 6) is -4.51. The van der Waals surface area contributed by atoms with Crippen LogP contribution in [0.3, 0.4) is 0 Å². The quantitative estimate of drug-likeness (QED) is 0.157. The van der Waals surface area contributed by atoms with Gasteiger partial charge in [0.2, 0.25) is 23.6 Å². The van der Waals surface area contributed by atoms with Crippen molar-refractivity contribution >= 4 is 35.9 Å². The molecule has 0 unspecified atom stereocenters. The smallest absolute Gasteiger partial charge is 0.305 e. The fourth-order valence-corrected chi connectivity index (χ4v) is 2.84. The molecule has 0 aromatic carbocycles. The number of aldehydes is 1. The monoisotopic (exact) mass is 457 g/mol. The minimum atomic E-state index is -1.27. The van der Waals surface area contributed by atoms with Crippen molar-refractivity contribution in [3.8, 4) is 0 Å². The maximum Gasteiger partial charge on any atom is 0.305 e. The van der Waals surface area contributed by atoms with Crippen molar-refractivity contribution in [2.75, 3.05) is 0 Å². The summed E-state index contributed by atoms with van der Waals surface area (Å²) in [6.45, 7) is 7.16. The Balaban J connectivity index is 5.49. The molecule has 0 aliphatic carbocycles. The third-order valence-corrected chi connectivity index (χ3v) is 4.78. The molecule has 0 saturated heterocycles. The zero-order valence-electron chi connectivity index (χ0n) is 18.9. The van der Waals surface area contributed by atoms with E-state index in [0.717, 1.165) is 0 Å². The lowest BCUT2D eigenvalue weighted by molar-refractivity contribution is -0.139. The van der Waals surface area contributed by atoms with Gasteiger partial charge in [-0.25, -0.2) is 0 Å². The number of hydrogen-bond acceptors (Lipinski definition) is 7. The maximum atomic E-state index is 12.9. The lowest BCUT2D eigenvalue weighted by Crippen LogP contribution is -2.58. The molecule has 0 spiro atoms. The topological polar surface area (TPSA) is 211 Å². The fourth-order valence-electron chi connectivity index (χ4n) is 2.84. The second-order valence-corrected chi connectivity index (χ2v) is 8.19. The van der Waals surface area contributed by atoms with Crippen LogP contribution in [0.25, 0.3) is 0 Å². The molecule has 5 atom stereocenters. The van der Waals surface area contributed by atoms with Crippen molar-refractivity contribution in [1.82, 2.24) is 16.0 Å². The Bertz CT molecular complexity index is 698. The molecule has 0 aromatic rings. The number of amides is 4. The predicted octanol–water partition coefficient (Wildman–Crippen LogP) is -1.59. The zero-order valence-corrected chi connectivity index (χ0v) is 18.9. The second kappa shape index (κ2) is 14.1. The molecular formula is C20H35N5O7. The van der Waals surface area contributed by atoms with E-state index in [1.165, 1.54) is 0 Å². The number of carboxylic acid groups (broad SMARTS) is 1. The molecule has 182 valence electrons. The number of nitrogens with one attached hydrogen (secondary N) is 3. The zero-order chi connectivity index (χ0) is 25.0. The lowest BCUT2D eigenvalue weighted by atomic mass is 9.96. The summed E-state index contributed by atoms with van der Waals surface area (Å²) in [4.78, 5) is 70.8. The molecule has 0 aliphatic heterocycles. The normalized spacial score (nSPS) is 15.6. The molecule has 0 radical (unpaired) electrons. The van der Waals surface area contributed by atoms with Crippen LogP contribution in [0.1, 0.15) is 53.4 Å². The Morgan fingerprint density at radius 1 is 0.938 bits per heavy atom. The van der Waals surface area contributed by atoms with Crippen molar-refractivity contribution in [2.45, 2.75) is 77.5 Å². The van der Waals surface area contributed by atoms with Gasteiger partial charge in [-0.15, -0.1) is 0 Å². The first kappa shape index (κ1) is 29.0. The van der Waals surface area contributed by atoms with E-state index in [-0.39, 0.29) is 18.3 Å². The highest BCUT2D eigenvalue weighted by Gasteiger charge is 2.32. The van der Waals surface area contributed by atoms with Gasteiger partial charge in [0.15, 0.2) is 0 Å². The number of nitrogens with two attached hydrogens (primary N) is 2. The van der Waals surface area contributed by atoms with Gasteiger partial charge >= 0.3 is 5.97 Å². The van der Waals surface area contributed by atoms with Gasteiger partial charge in [-0.1, -0.05) is 34.1 Å². The Kier molecular flexibility index (Phi) is 12.8. The molecule has 0 rings (SSSR count). The first-order valence-electron chi connectivity index (χ1n) is 10.4. The van der Waals surface area contributed by atoms with Gasteiger partial charge in [0.1, 0.15) is 18.4 Å². The molecule has 4 amide bonds. The largest absolute Gasteiger partial charge is 0.481 e. The number of carbonyl (C=O) groups is 6. The summed E-state index contributed by atoms with van der Waals surface area (Å²) in [7, 11) is 0. The fraction of sp³-hybridized carbons (Fsp3) is 0.700. The van der Waals surface area contributed by atoms with Crippen LogP contribution in [0.4, 0.5) is 0 Å². The van der Waals surface area contributed by atoms with Gasteiger partial charge in [0.05, 0.1) is 24.9 Å². The second-order valence-electron chi connectivity index (χ2n) is 8.19. The molecule has 8 N–H and O–H groups in total. The van der Waals surface area contributed by atoms with Crippen molar-refractivity contribution in [3.63, 3.8) is 0 Å². The van der Waals surface area contributed by atoms with Gasteiger partial charge in [-0.2, -0.15) is 0 Å². The first-order valence-corrected chi connectivity index (χ1v) is 10.4. The molecule has 0 aliphatic rings. The van der Waals surface area contributed by atoms with Crippen LogP contribution < -0.4 is 27.4 Å². The standard InChI is InChI=1S/C20H35N5O7/c1-5-11(4)17(20(32)23-12(9-26)7-16(28)29)25-19(31)14(6-10(2)3)24-18(30)13(21)8-15(22)27/h9-14,17H,5-8,21H2,1-4H3,(H2,22,27)(H,23,32)(H,24,30)(H,25,31)(H,28,29)/t11-,12-,13-,14-,17-/m0/s1. The van der Waals surface area contributed by atoms with Gasteiger partial charge in [0, 0.05) is 0 Å². The van der Waals surface area contributed by atoms with Crippen molar-refractivity contribution in [2.24, 2.45) is 23.3 Å². The molecule has 32 heavy (non-hydrogen) atoms.